The van der Waals surface area contributed by atoms with Crippen molar-refractivity contribution in [2.75, 3.05) is 22.9 Å². The summed E-state index contributed by atoms with van der Waals surface area (Å²) < 4.78 is 25.1. The molecule has 0 unspecified atom stereocenters. The molecule has 0 bridgehead atoms. The number of aryl methyl sites for hydroxylation is 1. The van der Waals surface area contributed by atoms with Gasteiger partial charge >= 0.3 is 0 Å². The maximum absolute atomic E-state index is 11.9. The summed E-state index contributed by atoms with van der Waals surface area (Å²) in [7, 11) is -1.93. The van der Waals surface area contributed by atoms with Crippen molar-refractivity contribution in [3.8, 4) is 0 Å². The van der Waals surface area contributed by atoms with Gasteiger partial charge in [-0.2, -0.15) is 4.98 Å². The molecule has 0 saturated heterocycles. The van der Waals surface area contributed by atoms with Gasteiger partial charge in [-0.05, 0) is 42.6 Å². The van der Waals surface area contributed by atoms with E-state index in [1.54, 1.807) is 6.07 Å². The third-order valence-corrected chi connectivity index (χ3v) is 5.12. The Morgan fingerprint density at radius 1 is 1.22 bits per heavy atom. The predicted octanol–water partition coefficient (Wildman–Crippen LogP) is 3.54. The fraction of sp³-hybridized carbons (Fsp3) is 0.286. The molecule has 23 heavy (non-hydrogen) atoms. The molecule has 9 heteroatoms. The molecule has 6 nitrogen and oxygen atoms in total. The quantitative estimate of drug-likeness (QED) is 0.828. The molecule has 0 radical (unpaired) electrons. The Labute approximate surface area is 145 Å². The molecule has 0 aliphatic heterocycles. The fourth-order valence-corrected chi connectivity index (χ4v) is 2.87. The smallest absolute Gasteiger partial charge is 0.232 e. The van der Waals surface area contributed by atoms with Gasteiger partial charge in [0.2, 0.25) is 15.3 Å². The van der Waals surface area contributed by atoms with Crippen LogP contribution in [-0.4, -0.2) is 31.7 Å². The molecule has 2 rings (SSSR count). The molecule has 0 amide bonds. The normalized spacial score (nSPS) is 11.4. The van der Waals surface area contributed by atoms with Crippen molar-refractivity contribution >= 4 is 50.4 Å². The lowest BCUT2D eigenvalue weighted by Gasteiger charge is -2.24. The van der Waals surface area contributed by atoms with Gasteiger partial charge in [0.1, 0.15) is 5.02 Å². The molecule has 1 N–H and O–H groups in total. The zero-order chi connectivity index (χ0) is 17.4. The molecule has 0 spiro atoms. The molecular weight excluding hydrogens is 359 g/mol. The standard InChI is InChI=1S/C14H16Cl2N4O2S/c1-8-5-6-11(12(9(8)2)20(3)23(4,21)22)18-13-10(15)7-17-14(16)19-13/h5-7H,1-4H3,(H,17,18,19). The summed E-state index contributed by atoms with van der Waals surface area (Å²) in [4.78, 5) is 7.81. The van der Waals surface area contributed by atoms with E-state index in [0.717, 1.165) is 17.4 Å². The van der Waals surface area contributed by atoms with E-state index in [2.05, 4.69) is 15.3 Å². The highest BCUT2D eigenvalue weighted by Crippen LogP contribution is 2.35. The van der Waals surface area contributed by atoms with Crippen molar-refractivity contribution in [1.82, 2.24) is 9.97 Å². The van der Waals surface area contributed by atoms with Crippen molar-refractivity contribution in [1.29, 1.82) is 0 Å². The monoisotopic (exact) mass is 374 g/mol. The topological polar surface area (TPSA) is 75.2 Å². The lowest BCUT2D eigenvalue weighted by Crippen LogP contribution is -2.26. The summed E-state index contributed by atoms with van der Waals surface area (Å²) in [6, 6.07) is 3.65. The summed E-state index contributed by atoms with van der Waals surface area (Å²) in [5.74, 6) is 0.304. The van der Waals surface area contributed by atoms with Crippen molar-refractivity contribution in [3.05, 3.63) is 39.8 Å². The molecule has 1 aromatic carbocycles. The Balaban J connectivity index is 2.59. The van der Waals surface area contributed by atoms with Crippen LogP contribution in [0.15, 0.2) is 18.3 Å². The third kappa shape index (κ3) is 3.85. The second kappa shape index (κ2) is 6.51. The van der Waals surface area contributed by atoms with Crippen LogP contribution in [0.2, 0.25) is 10.3 Å². The molecule has 124 valence electrons. The Kier molecular flexibility index (Phi) is 5.03. The van der Waals surface area contributed by atoms with Crippen LogP contribution in [0.25, 0.3) is 0 Å². The maximum Gasteiger partial charge on any atom is 0.232 e. The van der Waals surface area contributed by atoms with Crippen LogP contribution in [0.3, 0.4) is 0 Å². The largest absolute Gasteiger partial charge is 0.337 e. The van der Waals surface area contributed by atoms with Crippen molar-refractivity contribution in [2.24, 2.45) is 0 Å². The minimum Gasteiger partial charge on any atom is -0.337 e. The minimum atomic E-state index is -3.43. The van der Waals surface area contributed by atoms with E-state index in [9.17, 15) is 8.42 Å². The van der Waals surface area contributed by atoms with Crippen LogP contribution in [0.4, 0.5) is 17.2 Å². The molecule has 0 atom stereocenters. The second-order valence-electron chi connectivity index (χ2n) is 5.09. The van der Waals surface area contributed by atoms with E-state index < -0.39 is 10.0 Å². The van der Waals surface area contributed by atoms with Crippen molar-refractivity contribution in [2.45, 2.75) is 13.8 Å². The lowest BCUT2D eigenvalue weighted by atomic mass is 10.1. The number of hydrogen-bond donors (Lipinski definition) is 1. The SMILES string of the molecule is Cc1ccc(Nc2nc(Cl)ncc2Cl)c(N(C)S(C)(=O)=O)c1C. The maximum atomic E-state index is 11.9. The van der Waals surface area contributed by atoms with Crippen molar-refractivity contribution in [3.63, 3.8) is 0 Å². The molecule has 1 heterocycles. The highest BCUT2D eigenvalue weighted by molar-refractivity contribution is 7.92. The summed E-state index contributed by atoms with van der Waals surface area (Å²) in [5, 5.41) is 3.35. The first-order chi connectivity index (χ1) is 10.6. The molecular formula is C14H16Cl2N4O2S. The average Bonchev–Trinajstić information content (AvgIpc) is 2.45. The van der Waals surface area contributed by atoms with Crippen LogP contribution in [0.5, 0.6) is 0 Å². The summed E-state index contributed by atoms with van der Waals surface area (Å²) in [5.41, 5.74) is 2.88. The number of sulfonamides is 1. The summed E-state index contributed by atoms with van der Waals surface area (Å²) in [6.45, 7) is 3.76. The van der Waals surface area contributed by atoms with Crippen LogP contribution < -0.4 is 9.62 Å². The van der Waals surface area contributed by atoms with E-state index in [-0.39, 0.29) is 10.3 Å². The minimum absolute atomic E-state index is 0.0405. The van der Waals surface area contributed by atoms with Gasteiger partial charge in [0, 0.05) is 7.05 Å². The summed E-state index contributed by atoms with van der Waals surface area (Å²) in [6.07, 6.45) is 2.52. The average molecular weight is 375 g/mol. The van der Waals surface area contributed by atoms with Crippen LogP contribution in [-0.2, 0) is 10.0 Å². The first kappa shape index (κ1) is 17.8. The number of anilines is 3. The number of nitrogens with zero attached hydrogens (tertiary/aromatic N) is 3. The number of halogens is 2. The molecule has 1 aromatic heterocycles. The van der Waals surface area contributed by atoms with Gasteiger partial charge in [-0.25, -0.2) is 13.4 Å². The van der Waals surface area contributed by atoms with Crippen LogP contribution in [0, 0.1) is 13.8 Å². The first-order valence-electron chi connectivity index (χ1n) is 6.60. The van der Waals surface area contributed by atoms with Gasteiger partial charge in [0.25, 0.3) is 0 Å². The first-order valence-corrected chi connectivity index (χ1v) is 9.21. The van der Waals surface area contributed by atoms with Gasteiger partial charge in [0.05, 0.1) is 23.8 Å². The summed E-state index contributed by atoms with van der Waals surface area (Å²) >= 11 is 11.8. The number of rotatable bonds is 4. The van der Waals surface area contributed by atoms with Gasteiger partial charge in [-0.1, -0.05) is 17.7 Å². The number of nitrogens with one attached hydrogen (secondary N) is 1. The van der Waals surface area contributed by atoms with Gasteiger partial charge in [0.15, 0.2) is 5.82 Å². The van der Waals surface area contributed by atoms with E-state index >= 15 is 0 Å². The van der Waals surface area contributed by atoms with Crippen LogP contribution >= 0.6 is 23.2 Å². The van der Waals surface area contributed by atoms with E-state index in [1.807, 2.05) is 19.9 Å². The molecule has 2 aromatic rings. The van der Waals surface area contributed by atoms with E-state index in [4.69, 9.17) is 23.2 Å². The molecule has 0 saturated carbocycles. The van der Waals surface area contributed by atoms with Gasteiger partial charge in [-0.15, -0.1) is 0 Å². The predicted molar refractivity (Wildman–Crippen MR) is 94.5 cm³/mol. The highest BCUT2D eigenvalue weighted by atomic mass is 35.5. The zero-order valence-corrected chi connectivity index (χ0v) is 15.4. The number of hydrogen-bond acceptors (Lipinski definition) is 5. The van der Waals surface area contributed by atoms with Gasteiger partial charge in [-0.3, -0.25) is 4.31 Å². The number of benzene rings is 1. The van der Waals surface area contributed by atoms with E-state index in [0.29, 0.717) is 17.2 Å². The van der Waals surface area contributed by atoms with Gasteiger partial charge < -0.3 is 5.32 Å². The second-order valence-corrected chi connectivity index (χ2v) is 7.85. The zero-order valence-electron chi connectivity index (χ0n) is 13.1. The van der Waals surface area contributed by atoms with Crippen LogP contribution in [0.1, 0.15) is 11.1 Å². The Hall–Kier alpha value is -1.57. The molecule has 0 aliphatic carbocycles. The van der Waals surface area contributed by atoms with E-state index in [1.165, 1.54) is 17.5 Å². The lowest BCUT2D eigenvalue weighted by molar-refractivity contribution is 0.600. The van der Waals surface area contributed by atoms with Crippen molar-refractivity contribution < 1.29 is 8.42 Å². The fourth-order valence-electron chi connectivity index (χ4n) is 2.03. The molecule has 0 fully saturated rings. The Morgan fingerprint density at radius 3 is 2.48 bits per heavy atom. The molecule has 0 aliphatic rings. The Bertz CT molecular complexity index is 856. The third-order valence-electron chi connectivity index (χ3n) is 3.48. The highest BCUT2D eigenvalue weighted by Gasteiger charge is 2.20. The Morgan fingerprint density at radius 2 is 1.87 bits per heavy atom. The number of aromatic nitrogens is 2.